The van der Waals surface area contributed by atoms with Gasteiger partial charge in [0.05, 0.1) is 19.3 Å². The zero-order valence-electron chi connectivity index (χ0n) is 24.5. The number of aliphatic hydroxyl groups is 7. The molecule has 11 atom stereocenters. The molecule has 0 spiro atoms. The summed E-state index contributed by atoms with van der Waals surface area (Å²) < 4.78 is 22.3. The molecule has 234 valence electrons. The predicted molar refractivity (Wildman–Crippen MR) is 149 cm³/mol. The highest BCUT2D eigenvalue weighted by molar-refractivity contribution is 5.36. The molecule has 2 saturated heterocycles. The van der Waals surface area contributed by atoms with E-state index in [2.05, 4.69) is 32.9 Å². The first-order valence-corrected chi connectivity index (χ1v) is 14.3. The van der Waals surface area contributed by atoms with Gasteiger partial charge in [0.1, 0.15) is 48.8 Å². The van der Waals surface area contributed by atoms with E-state index in [1.54, 1.807) is 13.0 Å². The molecule has 11 nitrogen and oxygen atoms in total. The number of allylic oxidation sites excluding steroid dienone is 7. The van der Waals surface area contributed by atoms with E-state index in [1.165, 1.54) is 24.0 Å². The van der Waals surface area contributed by atoms with Crippen LogP contribution in [0.3, 0.4) is 0 Å². The molecule has 0 aromatic heterocycles. The van der Waals surface area contributed by atoms with Crippen molar-refractivity contribution >= 4 is 0 Å². The molecule has 2 fully saturated rings. The Balaban J connectivity index is 1.59. The third kappa shape index (κ3) is 8.33. The van der Waals surface area contributed by atoms with E-state index in [0.29, 0.717) is 0 Å². The van der Waals surface area contributed by atoms with Crippen molar-refractivity contribution in [2.24, 2.45) is 5.41 Å². The summed E-state index contributed by atoms with van der Waals surface area (Å²) in [5.41, 5.74) is 4.02. The Kier molecular flexibility index (Phi) is 12.3. The molecular formula is C30H48O11. The maximum absolute atomic E-state index is 10.8. The molecule has 2 aliphatic heterocycles. The average Bonchev–Trinajstić information content (AvgIpc) is 2.92. The van der Waals surface area contributed by atoms with Crippen molar-refractivity contribution in [1.82, 2.24) is 0 Å². The Labute approximate surface area is 242 Å². The first-order valence-electron chi connectivity index (χ1n) is 14.3. The fraction of sp³-hybridized carbons (Fsp3) is 0.733. The third-order valence-corrected chi connectivity index (χ3v) is 8.11. The van der Waals surface area contributed by atoms with Gasteiger partial charge in [-0.1, -0.05) is 55.4 Å². The van der Waals surface area contributed by atoms with Crippen molar-refractivity contribution in [2.75, 3.05) is 13.2 Å². The largest absolute Gasteiger partial charge is 0.394 e. The van der Waals surface area contributed by atoms with Gasteiger partial charge in [-0.2, -0.15) is 0 Å². The standard InChI is InChI=1S/C30H48O11/c1-16(11-12-19-17(2)9-7-13-30(19,4)5)8-6-10-18(3)38-28-26(37)24(35)27(21(15-32)40-28)41-29-25(36)23(34)22(33)20(14-31)39-29/h6,8,10-12,18,20-29,31-37H,7,9,13-15H2,1-5H3/b10-6+,12-11+,16-8+/t18?,20-,21-,22-,23+,24-,25-,26-,27-,28+,29+/m1/s1. The molecule has 3 rings (SSSR count). The summed E-state index contributed by atoms with van der Waals surface area (Å²) in [6.45, 7) is 9.20. The Morgan fingerprint density at radius 2 is 1.59 bits per heavy atom. The van der Waals surface area contributed by atoms with Gasteiger partial charge in [-0.25, -0.2) is 0 Å². The molecule has 41 heavy (non-hydrogen) atoms. The molecule has 0 saturated carbocycles. The van der Waals surface area contributed by atoms with Crippen LogP contribution in [0.5, 0.6) is 0 Å². The number of ether oxygens (including phenoxy) is 4. The van der Waals surface area contributed by atoms with Gasteiger partial charge in [0.2, 0.25) is 0 Å². The smallest absolute Gasteiger partial charge is 0.187 e. The van der Waals surface area contributed by atoms with Crippen molar-refractivity contribution < 1.29 is 54.7 Å². The van der Waals surface area contributed by atoms with E-state index >= 15 is 0 Å². The van der Waals surface area contributed by atoms with E-state index in [4.69, 9.17) is 18.9 Å². The predicted octanol–water partition coefficient (Wildman–Crippen LogP) is 0.601. The summed E-state index contributed by atoms with van der Waals surface area (Å²) in [7, 11) is 0. The fourth-order valence-electron chi connectivity index (χ4n) is 5.57. The number of aliphatic hydroxyl groups excluding tert-OH is 7. The summed E-state index contributed by atoms with van der Waals surface area (Å²) in [5.74, 6) is 0. The minimum Gasteiger partial charge on any atom is -0.394 e. The second-order valence-electron chi connectivity index (χ2n) is 11.9. The summed E-state index contributed by atoms with van der Waals surface area (Å²) in [6.07, 6.45) is -2.08. The lowest BCUT2D eigenvalue weighted by atomic mass is 9.72. The second-order valence-corrected chi connectivity index (χ2v) is 11.9. The van der Waals surface area contributed by atoms with Crippen LogP contribution in [0.25, 0.3) is 0 Å². The normalized spacial score (nSPS) is 39.6. The molecule has 0 aromatic rings. The zero-order valence-corrected chi connectivity index (χ0v) is 24.5. The first kappa shape index (κ1) is 34.0. The number of rotatable bonds is 10. The van der Waals surface area contributed by atoms with E-state index in [1.807, 2.05) is 19.1 Å². The number of hydrogen-bond donors (Lipinski definition) is 7. The monoisotopic (exact) mass is 584 g/mol. The Morgan fingerprint density at radius 3 is 2.22 bits per heavy atom. The van der Waals surface area contributed by atoms with Gasteiger partial charge < -0.3 is 54.7 Å². The van der Waals surface area contributed by atoms with Crippen molar-refractivity contribution in [3.05, 3.63) is 47.1 Å². The molecule has 7 N–H and O–H groups in total. The molecule has 1 unspecified atom stereocenters. The SMILES string of the molecule is CC1=C(/C=C/C(C)=C/C=C/C(C)O[C@H]2O[C@H](CO)[C@@H](O[C@@H]3O[C@H](CO)[C@@H](O)[C@H](O)[C@H]3O)[C@H](O)[C@H]2O)C(C)(C)CCC1. The van der Waals surface area contributed by atoms with Gasteiger partial charge in [0, 0.05) is 0 Å². The van der Waals surface area contributed by atoms with Crippen molar-refractivity contribution in [1.29, 1.82) is 0 Å². The van der Waals surface area contributed by atoms with Gasteiger partial charge >= 0.3 is 0 Å². The van der Waals surface area contributed by atoms with Gasteiger partial charge in [0.25, 0.3) is 0 Å². The van der Waals surface area contributed by atoms with Crippen LogP contribution >= 0.6 is 0 Å². The highest BCUT2D eigenvalue weighted by Crippen LogP contribution is 2.40. The van der Waals surface area contributed by atoms with Gasteiger partial charge in [-0.05, 0) is 51.0 Å². The Morgan fingerprint density at radius 1 is 0.951 bits per heavy atom. The topological polar surface area (TPSA) is 179 Å². The fourth-order valence-corrected chi connectivity index (χ4v) is 5.57. The maximum atomic E-state index is 10.8. The van der Waals surface area contributed by atoms with E-state index in [-0.39, 0.29) is 5.41 Å². The highest BCUT2D eigenvalue weighted by atomic mass is 16.7. The van der Waals surface area contributed by atoms with Gasteiger partial charge in [0.15, 0.2) is 12.6 Å². The van der Waals surface area contributed by atoms with Crippen LogP contribution in [0.4, 0.5) is 0 Å². The quantitative estimate of drug-likeness (QED) is 0.179. The van der Waals surface area contributed by atoms with Crippen LogP contribution in [0.1, 0.15) is 53.9 Å². The summed E-state index contributed by atoms with van der Waals surface area (Å²) in [4.78, 5) is 0. The molecular weight excluding hydrogens is 536 g/mol. The first-order chi connectivity index (χ1) is 19.3. The van der Waals surface area contributed by atoms with E-state index < -0.39 is 80.7 Å². The third-order valence-electron chi connectivity index (χ3n) is 8.11. The molecule has 0 aromatic carbocycles. The minimum absolute atomic E-state index is 0.161. The lowest BCUT2D eigenvalue weighted by Gasteiger charge is -2.46. The molecule has 1 aliphatic carbocycles. The Hall–Kier alpha value is -1.48. The van der Waals surface area contributed by atoms with Crippen molar-refractivity contribution in [3.8, 4) is 0 Å². The summed E-state index contributed by atoms with van der Waals surface area (Å²) >= 11 is 0. The van der Waals surface area contributed by atoms with Gasteiger partial charge in [-0.15, -0.1) is 0 Å². The van der Waals surface area contributed by atoms with Crippen LogP contribution in [-0.2, 0) is 18.9 Å². The summed E-state index contributed by atoms with van der Waals surface area (Å²) in [6, 6.07) is 0. The molecule has 3 aliphatic rings. The molecule has 0 bridgehead atoms. The van der Waals surface area contributed by atoms with Crippen LogP contribution in [-0.4, -0.2) is 116 Å². The second kappa shape index (κ2) is 14.8. The van der Waals surface area contributed by atoms with E-state index in [0.717, 1.165) is 12.0 Å². The Bertz CT molecular complexity index is 969. The number of hydrogen-bond acceptors (Lipinski definition) is 11. The molecule has 2 heterocycles. The highest BCUT2D eigenvalue weighted by Gasteiger charge is 2.50. The average molecular weight is 585 g/mol. The zero-order chi connectivity index (χ0) is 30.5. The van der Waals surface area contributed by atoms with Crippen LogP contribution in [0.15, 0.2) is 47.1 Å². The molecule has 0 amide bonds. The molecule has 11 heteroatoms. The molecule has 0 radical (unpaired) electrons. The summed E-state index contributed by atoms with van der Waals surface area (Å²) in [5, 5.41) is 70.9. The van der Waals surface area contributed by atoms with Crippen LogP contribution < -0.4 is 0 Å². The van der Waals surface area contributed by atoms with E-state index in [9.17, 15) is 35.7 Å². The lowest BCUT2D eigenvalue weighted by molar-refractivity contribution is -0.361. The van der Waals surface area contributed by atoms with Crippen LogP contribution in [0, 0.1) is 5.41 Å². The van der Waals surface area contributed by atoms with Crippen molar-refractivity contribution in [3.63, 3.8) is 0 Å². The van der Waals surface area contributed by atoms with Crippen molar-refractivity contribution in [2.45, 2.75) is 121 Å². The maximum Gasteiger partial charge on any atom is 0.187 e. The van der Waals surface area contributed by atoms with Gasteiger partial charge in [-0.3, -0.25) is 0 Å². The lowest BCUT2D eigenvalue weighted by Crippen LogP contribution is -2.64. The minimum atomic E-state index is -1.73. The van der Waals surface area contributed by atoms with Crippen LogP contribution in [0.2, 0.25) is 0 Å².